The summed E-state index contributed by atoms with van der Waals surface area (Å²) in [6, 6.07) is 7.63. The van der Waals surface area contributed by atoms with Gasteiger partial charge in [-0.05, 0) is 67.1 Å². The molecule has 7 heteroatoms. The number of carbonyl (C=O) groups excluding carboxylic acids is 1. The van der Waals surface area contributed by atoms with E-state index >= 15 is 0 Å². The molecule has 0 aliphatic rings. The van der Waals surface area contributed by atoms with Gasteiger partial charge in [0, 0.05) is 20.6 Å². The van der Waals surface area contributed by atoms with E-state index in [1.807, 2.05) is 45.0 Å². The first-order valence-corrected chi connectivity index (χ1v) is 7.80. The van der Waals surface area contributed by atoms with Crippen molar-refractivity contribution in [3.63, 3.8) is 0 Å². The molecule has 0 bridgehead atoms. The molecule has 112 valence electrons. The number of fused-ring (bicyclic) bond motifs is 1. The van der Waals surface area contributed by atoms with Crippen molar-refractivity contribution < 1.29 is 4.79 Å². The van der Waals surface area contributed by atoms with E-state index < -0.39 is 0 Å². The smallest absolute Gasteiger partial charge is 0.295 e. The van der Waals surface area contributed by atoms with Crippen LogP contribution in [0.3, 0.4) is 0 Å². The monoisotopic (exact) mass is 407 g/mol. The third kappa shape index (κ3) is 2.80. The van der Waals surface area contributed by atoms with Gasteiger partial charge in [0.15, 0.2) is 0 Å². The second-order valence-electron chi connectivity index (χ2n) is 5.10. The van der Waals surface area contributed by atoms with Gasteiger partial charge >= 0.3 is 0 Å². The normalized spacial score (nSPS) is 10.9. The van der Waals surface area contributed by atoms with Gasteiger partial charge in [-0.3, -0.25) is 4.79 Å². The molecule has 0 radical (unpaired) electrons. The van der Waals surface area contributed by atoms with Crippen molar-refractivity contribution in [2.45, 2.75) is 20.8 Å². The molecule has 2 heterocycles. The molecule has 3 aromatic rings. The zero-order valence-electron chi connectivity index (χ0n) is 12.4. The fourth-order valence-corrected chi connectivity index (χ4v) is 2.64. The van der Waals surface area contributed by atoms with Crippen molar-refractivity contribution in [3.8, 4) is 0 Å². The second-order valence-corrected chi connectivity index (χ2v) is 6.27. The minimum Gasteiger partial charge on any atom is -0.319 e. The maximum absolute atomic E-state index is 12.3. The quantitative estimate of drug-likeness (QED) is 0.664. The Morgan fingerprint density at radius 3 is 2.68 bits per heavy atom. The van der Waals surface area contributed by atoms with Crippen molar-refractivity contribution in [1.29, 1.82) is 0 Å². The predicted molar refractivity (Wildman–Crippen MR) is 92.1 cm³/mol. The standard InChI is InChI=1S/C15H14IN5O/c1-8-4-5-11(7-12(8)16)18-14(22)13-19-15-17-9(2)6-10(3)21(15)20-13/h4-7H,1-3H3,(H,18,22). The molecule has 0 saturated heterocycles. The number of benzene rings is 1. The van der Waals surface area contributed by atoms with Crippen molar-refractivity contribution in [2.24, 2.45) is 0 Å². The van der Waals surface area contributed by atoms with Crippen molar-refractivity contribution in [2.75, 3.05) is 5.32 Å². The molecule has 6 nitrogen and oxygen atoms in total. The molecule has 1 N–H and O–H groups in total. The summed E-state index contributed by atoms with van der Waals surface area (Å²) in [4.78, 5) is 20.8. The molecule has 0 aliphatic heterocycles. The Bertz CT molecular complexity index is 887. The number of aryl methyl sites for hydroxylation is 3. The first-order chi connectivity index (χ1) is 10.4. The summed E-state index contributed by atoms with van der Waals surface area (Å²) in [6.07, 6.45) is 0. The summed E-state index contributed by atoms with van der Waals surface area (Å²) in [7, 11) is 0. The Kier molecular flexibility index (Phi) is 3.81. The van der Waals surface area contributed by atoms with Gasteiger partial charge in [-0.2, -0.15) is 4.98 Å². The zero-order chi connectivity index (χ0) is 15.9. The van der Waals surface area contributed by atoms with E-state index in [2.05, 4.69) is 43.0 Å². The summed E-state index contributed by atoms with van der Waals surface area (Å²) in [5.41, 5.74) is 3.62. The molecule has 0 aliphatic carbocycles. The number of anilines is 1. The van der Waals surface area contributed by atoms with Gasteiger partial charge in [-0.1, -0.05) is 6.07 Å². The third-order valence-corrected chi connectivity index (χ3v) is 4.41. The number of nitrogens with zero attached hydrogens (tertiary/aromatic N) is 4. The lowest BCUT2D eigenvalue weighted by molar-refractivity contribution is 0.101. The lowest BCUT2D eigenvalue weighted by atomic mass is 10.2. The number of rotatable bonds is 2. The van der Waals surface area contributed by atoms with Crippen LogP contribution in [0.5, 0.6) is 0 Å². The van der Waals surface area contributed by atoms with Gasteiger partial charge in [0.2, 0.25) is 5.82 Å². The molecule has 3 rings (SSSR count). The van der Waals surface area contributed by atoms with Crippen LogP contribution in [0.15, 0.2) is 24.3 Å². The van der Waals surface area contributed by atoms with E-state index in [1.54, 1.807) is 4.52 Å². The Labute approximate surface area is 141 Å². The lowest BCUT2D eigenvalue weighted by Crippen LogP contribution is -2.14. The van der Waals surface area contributed by atoms with Crippen LogP contribution in [-0.2, 0) is 0 Å². The van der Waals surface area contributed by atoms with Crippen molar-refractivity contribution >= 4 is 40.0 Å². The van der Waals surface area contributed by atoms with Crippen molar-refractivity contribution in [1.82, 2.24) is 19.6 Å². The van der Waals surface area contributed by atoms with Gasteiger partial charge in [0.05, 0.1) is 0 Å². The van der Waals surface area contributed by atoms with Crippen LogP contribution < -0.4 is 5.32 Å². The maximum atomic E-state index is 12.3. The van der Waals surface area contributed by atoms with Crippen LogP contribution in [0, 0.1) is 24.3 Å². The predicted octanol–water partition coefficient (Wildman–Crippen LogP) is 2.91. The minimum atomic E-state index is -0.345. The number of nitrogens with one attached hydrogen (secondary N) is 1. The van der Waals surface area contributed by atoms with E-state index in [9.17, 15) is 4.79 Å². The SMILES string of the molecule is Cc1cc(C)n2nc(C(=O)Nc3ccc(C)c(I)c3)nc2n1. The summed E-state index contributed by atoms with van der Waals surface area (Å²) < 4.78 is 2.66. The first kappa shape index (κ1) is 14.9. The van der Waals surface area contributed by atoms with Gasteiger partial charge < -0.3 is 5.32 Å². The highest BCUT2D eigenvalue weighted by Gasteiger charge is 2.15. The fourth-order valence-electron chi connectivity index (χ4n) is 2.12. The number of hydrogen-bond acceptors (Lipinski definition) is 4. The number of carbonyl (C=O) groups is 1. The number of halogens is 1. The highest BCUT2D eigenvalue weighted by Crippen LogP contribution is 2.17. The van der Waals surface area contributed by atoms with Crippen LogP contribution >= 0.6 is 22.6 Å². The number of hydrogen-bond donors (Lipinski definition) is 1. The molecule has 22 heavy (non-hydrogen) atoms. The first-order valence-electron chi connectivity index (χ1n) is 6.72. The molecular weight excluding hydrogens is 393 g/mol. The largest absolute Gasteiger partial charge is 0.319 e. The topological polar surface area (TPSA) is 72.2 Å². The maximum Gasteiger partial charge on any atom is 0.295 e. The van der Waals surface area contributed by atoms with E-state index in [0.717, 1.165) is 20.6 Å². The van der Waals surface area contributed by atoms with Crippen LogP contribution in [0.25, 0.3) is 5.78 Å². The molecule has 0 saturated carbocycles. The third-order valence-electron chi connectivity index (χ3n) is 3.25. The lowest BCUT2D eigenvalue weighted by Gasteiger charge is -2.04. The molecule has 0 unspecified atom stereocenters. The van der Waals surface area contributed by atoms with Gasteiger partial charge in [-0.15, -0.1) is 5.10 Å². The summed E-state index contributed by atoms with van der Waals surface area (Å²) >= 11 is 2.23. The summed E-state index contributed by atoms with van der Waals surface area (Å²) in [6.45, 7) is 5.81. The minimum absolute atomic E-state index is 0.108. The Balaban J connectivity index is 1.91. The van der Waals surface area contributed by atoms with Crippen LogP contribution in [0.1, 0.15) is 27.6 Å². The van der Waals surface area contributed by atoms with Gasteiger partial charge in [0.25, 0.3) is 11.7 Å². The Morgan fingerprint density at radius 2 is 1.95 bits per heavy atom. The molecule has 1 aromatic carbocycles. The second kappa shape index (κ2) is 5.64. The molecule has 0 spiro atoms. The highest BCUT2D eigenvalue weighted by molar-refractivity contribution is 14.1. The fraction of sp³-hybridized carbons (Fsp3) is 0.200. The summed E-state index contributed by atoms with van der Waals surface area (Å²) in [5.74, 6) is 0.195. The zero-order valence-corrected chi connectivity index (χ0v) is 14.5. The average molecular weight is 407 g/mol. The highest BCUT2D eigenvalue weighted by atomic mass is 127. The van der Waals surface area contributed by atoms with E-state index in [-0.39, 0.29) is 11.7 Å². The van der Waals surface area contributed by atoms with E-state index in [0.29, 0.717) is 5.78 Å². The van der Waals surface area contributed by atoms with Gasteiger partial charge in [-0.25, -0.2) is 9.50 Å². The Hall–Kier alpha value is -2.03. The van der Waals surface area contributed by atoms with E-state index in [4.69, 9.17) is 0 Å². The number of aromatic nitrogens is 4. The molecular formula is C15H14IN5O. The summed E-state index contributed by atoms with van der Waals surface area (Å²) in [5, 5.41) is 7.03. The number of amides is 1. The molecule has 1 amide bonds. The van der Waals surface area contributed by atoms with Crippen LogP contribution in [0.2, 0.25) is 0 Å². The van der Waals surface area contributed by atoms with Crippen LogP contribution in [0.4, 0.5) is 5.69 Å². The molecule has 2 aromatic heterocycles. The molecule has 0 fully saturated rings. The van der Waals surface area contributed by atoms with Crippen LogP contribution in [-0.4, -0.2) is 25.5 Å². The Morgan fingerprint density at radius 1 is 1.18 bits per heavy atom. The molecule has 0 atom stereocenters. The van der Waals surface area contributed by atoms with Gasteiger partial charge in [0.1, 0.15) is 0 Å². The average Bonchev–Trinajstić information content (AvgIpc) is 2.87. The van der Waals surface area contributed by atoms with Crippen molar-refractivity contribution in [3.05, 3.63) is 50.6 Å². The van der Waals surface area contributed by atoms with E-state index in [1.165, 1.54) is 5.56 Å².